The normalized spacial score (nSPS) is 34.4. The van der Waals surface area contributed by atoms with Crippen molar-refractivity contribution in [2.24, 2.45) is 5.41 Å². The SMILES string of the molecule is CC1(C2CC(=O)CCO2)COC1. The van der Waals surface area contributed by atoms with E-state index in [0.717, 1.165) is 13.2 Å². The maximum atomic E-state index is 11.1. The average Bonchev–Trinajstić information content (AvgIpc) is 2.00. The fraction of sp³-hybridized carbons (Fsp3) is 0.889. The zero-order chi connectivity index (χ0) is 8.60. The molecular weight excluding hydrogens is 156 g/mol. The molecule has 1 atom stereocenters. The summed E-state index contributed by atoms with van der Waals surface area (Å²) in [5.41, 5.74) is 0.107. The number of hydrogen-bond donors (Lipinski definition) is 0. The summed E-state index contributed by atoms with van der Waals surface area (Å²) in [5, 5.41) is 0. The van der Waals surface area contributed by atoms with Crippen LogP contribution in [0.15, 0.2) is 0 Å². The van der Waals surface area contributed by atoms with E-state index in [-0.39, 0.29) is 11.5 Å². The van der Waals surface area contributed by atoms with E-state index < -0.39 is 0 Å². The minimum atomic E-state index is 0.104. The fourth-order valence-electron chi connectivity index (χ4n) is 1.74. The van der Waals surface area contributed by atoms with Gasteiger partial charge >= 0.3 is 0 Å². The van der Waals surface area contributed by atoms with Crippen LogP contribution in [0.5, 0.6) is 0 Å². The van der Waals surface area contributed by atoms with E-state index in [1.807, 2.05) is 0 Å². The predicted octanol–water partition coefficient (Wildman–Crippen LogP) is 0.771. The van der Waals surface area contributed by atoms with E-state index in [9.17, 15) is 4.79 Å². The van der Waals surface area contributed by atoms with Crippen molar-refractivity contribution in [1.29, 1.82) is 0 Å². The highest BCUT2D eigenvalue weighted by Crippen LogP contribution is 2.36. The summed E-state index contributed by atoms with van der Waals surface area (Å²) in [6, 6.07) is 0. The molecule has 0 aliphatic carbocycles. The molecule has 2 heterocycles. The van der Waals surface area contributed by atoms with Gasteiger partial charge in [-0.1, -0.05) is 6.92 Å². The molecule has 0 amide bonds. The van der Waals surface area contributed by atoms with E-state index >= 15 is 0 Å². The van der Waals surface area contributed by atoms with E-state index in [0.29, 0.717) is 25.2 Å². The van der Waals surface area contributed by atoms with E-state index in [2.05, 4.69) is 6.92 Å². The highest BCUT2D eigenvalue weighted by molar-refractivity contribution is 5.79. The monoisotopic (exact) mass is 170 g/mol. The topological polar surface area (TPSA) is 35.5 Å². The molecule has 0 bridgehead atoms. The Kier molecular flexibility index (Phi) is 1.93. The zero-order valence-electron chi connectivity index (χ0n) is 7.34. The highest BCUT2D eigenvalue weighted by Gasteiger charge is 2.44. The van der Waals surface area contributed by atoms with Gasteiger partial charge in [0, 0.05) is 18.3 Å². The minimum absolute atomic E-state index is 0.104. The van der Waals surface area contributed by atoms with Crippen molar-refractivity contribution in [3.63, 3.8) is 0 Å². The second kappa shape index (κ2) is 2.82. The van der Waals surface area contributed by atoms with Gasteiger partial charge < -0.3 is 9.47 Å². The molecule has 2 fully saturated rings. The van der Waals surface area contributed by atoms with Crippen molar-refractivity contribution in [2.75, 3.05) is 19.8 Å². The van der Waals surface area contributed by atoms with Crippen molar-refractivity contribution in [3.8, 4) is 0 Å². The summed E-state index contributed by atoms with van der Waals surface area (Å²) in [7, 11) is 0. The summed E-state index contributed by atoms with van der Waals surface area (Å²) in [4.78, 5) is 11.1. The van der Waals surface area contributed by atoms with Gasteiger partial charge in [-0.2, -0.15) is 0 Å². The Balaban J connectivity index is 1.98. The lowest BCUT2D eigenvalue weighted by Crippen LogP contribution is -2.52. The maximum absolute atomic E-state index is 11.1. The van der Waals surface area contributed by atoms with Crippen LogP contribution in [0.2, 0.25) is 0 Å². The Morgan fingerprint density at radius 3 is 2.75 bits per heavy atom. The molecule has 68 valence electrons. The lowest BCUT2D eigenvalue weighted by molar-refractivity contribution is -0.189. The van der Waals surface area contributed by atoms with Crippen LogP contribution in [-0.2, 0) is 14.3 Å². The quantitative estimate of drug-likeness (QED) is 0.583. The number of hydrogen-bond acceptors (Lipinski definition) is 3. The molecule has 0 aromatic heterocycles. The Bertz CT molecular complexity index is 196. The molecule has 0 saturated carbocycles. The molecule has 0 spiro atoms. The molecule has 2 saturated heterocycles. The van der Waals surface area contributed by atoms with Gasteiger partial charge in [0.1, 0.15) is 5.78 Å². The lowest BCUT2D eigenvalue weighted by Gasteiger charge is -2.45. The number of carbonyl (C=O) groups is 1. The molecule has 2 aliphatic heterocycles. The third-order valence-electron chi connectivity index (χ3n) is 2.75. The molecule has 0 N–H and O–H groups in total. The highest BCUT2D eigenvalue weighted by atomic mass is 16.5. The minimum Gasteiger partial charge on any atom is -0.380 e. The Hall–Kier alpha value is -0.410. The maximum Gasteiger partial charge on any atom is 0.137 e. The first kappa shape index (κ1) is 8.20. The van der Waals surface area contributed by atoms with Gasteiger partial charge in [0.2, 0.25) is 0 Å². The molecule has 0 aromatic carbocycles. The van der Waals surface area contributed by atoms with Crippen LogP contribution in [-0.4, -0.2) is 31.7 Å². The second-order valence-corrected chi connectivity index (χ2v) is 4.00. The van der Waals surface area contributed by atoms with Crippen LogP contribution in [0.4, 0.5) is 0 Å². The van der Waals surface area contributed by atoms with Gasteiger partial charge in [-0.05, 0) is 0 Å². The Morgan fingerprint density at radius 1 is 1.50 bits per heavy atom. The first-order chi connectivity index (χ1) is 5.71. The molecule has 0 aromatic rings. The smallest absolute Gasteiger partial charge is 0.137 e. The number of ketones is 1. The van der Waals surface area contributed by atoms with Crippen LogP contribution in [0.25, 0.3) is 0 Å². The van der Waals surface area contributed by atoms with Gasteiger partial charge in [-0.15, -0.1) is 0 Å². The Labute approximate surface area is 72.0 Å². The van der Waals surface area contributed by atoms with Crippen molar-refractivity contribution < 1.29 is 14.3 Å². The summed E-state index contributed by atoms with van der Waals surface area (Å²) >= 11 is 0. The summed E-state index contributed by atoms with van der Waals surface area (Å²) in [6.07, 6.45) is 1.28. The first-order valence-corrected chi connectivity index (χ1v) is 4.42. The molecule has 3 nitrogen and oxygen atoms in total. The number of Topliss-reactive ketones (excluding diaryl/α,β-unsaturated/α-hetero) is 1. The third-order valence-corrected chi connectivity index (χ3v) is 2.75. The first-order valence-electron chi connectivity index (χ1n) is 4.42. The molecule has 0 radical (unpaired) electrons. The van der Waals surface area contributed by atoms with Crippen molar-refractivity contribution in [1.82, 2.24) is 0 Å². The van der Waals surface area contributed by atoms with E-state index in [1.54, 1.807) is 0 Å². The van der Waals surface area contributed by atoms with Crippen LogP contribution < -0.4 is 0 Å². The van der Waals surface area contributed by atoms with Crippen LogP contribution in [0.1, 0.15) is 19.8 Å². The molecule has 3 heteroatoms. The van der Waals surface area contributed by atoms with Crippen molar-refractivity contribution in [3.05, 3.63) is 0 Å². The third kappa shape index (κ3) is 1.27. The molecular formula is C9H14O3. The zero-order valence-corrected chi connectivity index (χ0v) is 7.34. The van der Waals surface area contributed by atoms with Crippen LogP contribution >= 0.6 is 0 Å². The largest absolute Gasteiger partial charge is 0.380 e. The van der Waals surface area contributed by atoms with Crippen LogP contribution in [0.3, 0.4) is 0 Å². The molecule has 1 unspecified atom stereocenters. The molecule has 12 heavy (non-hydrogen) atoms. The van der Waals surface area contributed by atoms with Crippen molar-refractivity contribution in [2.45, 2.75) is 25.9 Å². The van der Waals surface area contributed by atoms with Gasteiger partial charge in [0.05, 0.1) is 25.9 Å². The van der Waals surface area contributed by atoms with Gasteiger partial charge in [0.25, 0.3) is 0 Å². The lowest BCUT2D eigenvalue weighted by atomic mass is 9.79. The predicted molar refractivity (Wildman–Crippen MR) is 42.9 cm³/mol. The number of ether oxygens (including phenoxy) is 2. The molecule has 2 rings (SSSR count). The fourth-order valence-corrected chi connectivity index (χ4v) is 1.74. The summed E-state index contributed by atoms with van der Waals surface area (Å²) < 4.78 is 10.7. The van der Waals surface area contributed by atoms with Gasteiger partial charge in [-0.3, -0.25) is 4.79 Å². The van der Waals surface area contributed by atoms with Gasteiger partial charge in [-0.25, -0.2) is 0 Å². The summed E-state index contributed by atoms with van der Waals surface area (Å²) in [5.74, 6) is 0.333. The Morgan fingerprint density at radius 2 is 2.25 bits per heavy atom. The average molecular weight is 170 g/mol. The van der Waals surface area contributed by atoms with E-state index in [4.69, 9.17) is 9.47 Å². The second-order valence-electron chi connectivity index (χ2n) is 4.00. The standard InChI is InChI=1S/C9H14O3/c1-9(5-11-6-9)8-4-7(10)2-3-12-8/h8H,2-6H2,1H3. The summed E-state index contributed by atoms with van der Waals surface area (Å²) in [6.45, 7) is 4.20. The number of carbonyl (C=O) groups excluding carboxylic acids is 1. The van der Waals surface area contributed by atoms with E-state index in [1.165, 1.54) is 0 Å². The molecule has 2 aliphatic rings. The van der Waals surface area contributed by atoms with Crippen LogP contribution in [0, 0.1) is 5.41 Å². The number of rotatable bonds is 1. The van der Waals surface area contributed by atoms with Crippen molar-refractivity contribution >= 4 is 5.78 Å². The van der Waals surface area contributed by atoms with Gasteiger partial charge in [0.15, 0.2) is 0 Å².